The third-order valence-electron chi connectivity index (χ3n) is 9.72. The number of nitrogens with zero attached hydrogens (tertiary/aromatic N) is 1. The van der Waals surface area contributed by atoms with Crippen molar-refractivity contribution in [3.63, 3.8) is 0 Å². The lowest BCUT2D eigenvalue weighted by Crippen LogP contribution is -2.12. The molecule has 0 spiro atoms. The Hall–Kier alpha value is -5.92. The first-order valence-electron chi connectivity index (χ1n) is 15.6. The standard InChI is InChI=1S/C44H27N/c1-2-8-28(9-3-1)35-14-4-5-15-38(35)45(39-26-22-33-18-16-29-10-6-12-31-20-24-36(39)43(33)41(29)31)40-27-23-34-19-17-30-11-7-13-32-21-25-37(40)44(34)42(30)32/h1-27H. The van der Waals surface area contributed by atoms with Crippen molar-refractivity contribution in [2.75, 3.05) is 4.90 Å². The molecule has 0 bridgehead atoms. The van der Waals surface area contributed by atoms with Crippen molar-refractivity contribution in [3.05, 3.63) is 164 Å². The summed E-state index contributed by atoms with van der Waals surface area (Å²) in [5.41, 5.74) is 5.93. The summed E-state index contributed by atoms with van der Waals surface area (Å²) in [7, 11) is 0. The van der Waals surface area contributed by atoms with E-state index in [1.165, 1.54) is 87.1 Å². The topological polar surface area (TPSA) is 3.24 Å². The monoisotopic (exact) mass is 569 g/mol. The Balaban J connectivity index is 1.36. The Kier molecular flexibility index (Phi) is 5.06. The van der Waals surface area contributed by atoms with E-state index in [9.17, 15) is 0 Å². The van der Waals surface area contributed by atoms with Crippen molar-refractivity contribution in [2.45, 2.75) is 0 Å². The largest absolute Gasteiger partial charge is 0.309 e. The molecule has 0 unspecified atom stereocenters. The fourth-order valence-electron chi connectivity index (χ4n) is 7.75. The summed E-state index contributed by atoms with van der Waals surface area (Å²) in [6.07, 6.45) is 0. The quantitative estimate of drug-likeness (QED) is 0.191. The summed E-state index contributed by atoms with van der Waals surface area (Å²) in [5.74, 6) is 0. The molecule has 0 aromatic heterocycles. The third kappa shape index (κ3) is 3.50. The molecular formula is C44H27N. The molecule has 0 radical (unpaired) electrons. The van der Waals surface area contributed by atoms with Gasteiger partial charge in [-0.1, -0.05) is 146 Å². The molecule has 10 aromatic carbocycles. The van der Waals surface area contributed by atoms with Crippen LogP contribution in [-0.2, 0) is 0 Å². The highest BCUT2D eigenvalue weighted by Crippen LogP contribution is 2.49. The maximum absolute atomic E-state index is 2.51. The van der Waals surface area contributed by atoms with E-state index in [1.807, 2.05) is 0 Å². The molecule has 10 rings (SSSR count). The lowest BCUT2D eigenvalue weighted by molar-refractivity contribution is 1.32. The van der Waals surface area contributed by atoms with E-state index < -0.39 is 0 Å². The first-order chi connectivity index (χ1) is 22.3. The molecule has 1 heteroatoms. The van der Waals surface area contributed by atoms with Crippen LogP contribution >= 0.6 is 0 Å². The van der Waals surface area contributed by atoms with Crippen LogP contribution in [0.5, 0.6) is 0 Å². The molecule has 10 aromatic rings. The Morgan fingerprint density at radius 1 is 0.267 bits per heavy atom. The van der Waals surface area contributed by atoms with Crippen LogP contribution in [0, 0.1) is 0 Å². The van der Waals surface area contributed by atoms with Gasteiger partial charge >= 0.3 is 0 Å². The third-order valence-corrected chi connectivity index (χ3v) is 9.72. The average molecular weight is 570 g/mol. The second-order valence-electron chi connectivity index (χ2n) is 12.1. The maximum atomic E-state index is 2.51. The molecule has 0 saturated carbocycles. The van der Waals surface area contributed by atoms with Crippen molar-refractivity contribution in [1.82, 2.24) is 0 Å². The summed E-state index contributed by atoms with van der Waals surface area (Å²) in [6.45, 7) is 0. The van der Waals surface area contributed by atoms with Gasteiger partial charge < -0.3 is 4.90 Å². The molecule has 0 heterocycles. The fraction of sp³-hybridized carbons (Fsp3) is 0. The van der Waals surface area contributed by atoms with E-state index in [0.29, 0.717) is 0 Å². The first-order valence-corrected chi connectivity index (χ1v) is 15.6. The van der Waals surface area contributed by atoms with Crippen LogP contribution in [0.4, 0.5) is 17.1 Å². The van der Waals surface area contributed by atoms with E-state index in [2.05, 4.69) is 169 Å². The maximum Gasteiger partial charge on any atom is 0.0541 e. The number of benzene rings is 10. The average Bonchev–Trinajstić information content (AvgIpc) is 3.11. The second kappa shape index (κ2) is 9.29. The van der Waals surface area contributed by atoms with E-state index >= 15 is 0 Å². The van der Waals surface area contributed by atoms with Crippen LogP contribution in [0.15, 0.2) is 164 Å². The number of hydrogen-bond donors (Lipinski definition) is 0. The minimum atomic E-state index is 1.16. The normalized spacial score (nSPS) is 12.0. The minimum absolute atomic E-state index is 1.16. The molecule has 208 valence electrons. The highest BCUT2D eigenvalue weighted by molar-refractivity contribution is 6.28. The number of rotatable bonds is 4. The molecule has 0 saturated heterocycles. The minimum Gasteiger partial charge on any atom is -0.309 e. The van der Waals surface area contributed by atoms with E-state index in [4.69, 9.17) is 0 Å². The molecule has 1 nitrogen and oxygen atoms in total. The first kappa shape index (κ1) is 24.5. The Bertz CT molecular complexity index is 2520. The molecule has 0 N–H and O–H groups in total. The van der Waals surface area contributed by atoms with Gasteiger partial charge in [-0.05, 0) is 77.6 Å². The predicted octanol–water partition coefficient (Wildman–Crippen LogP) is 12.6. The Labute approximate surface area is 260 Å². The van der Waals surface area contributed by atoms with Crippen molar-refractivity contribution in [2.24, 2.45) is 0 Å². The zero-order valence-corrected chi connectivity index (χ0v) is 24.5. The highest BCUT2D eigenvalue weighted by Gasteiger charge is 2.23. The lowest BCUT2D eigenvalue weighted by atomic mass is 9.91. The van der Waals surface area contributed by atoms with Crippen LogP contribution in [0.3, 0.4) is 0 Å². The van der Waals surface area contributed by atoms with Crippen LogP contribution in [0.1, 0.15) is 0 Å². The Morgan fingerprint density at radius 3 is 1.22 bits per heavy atom. The summed E-state index contributed by atoms with van der Waals surface area (Å²) < 4.78 is 0. The number of hydrogen-bond acceptors (Lipinski definition) is 1. The SMILES string of the molecule is c1ccc(-c2ccccc2N(c2ccc3ccc4cccc5ccc2c3c45)c2ccc3ccc4cccc5ccc2c3c45)cc1. The van der Waals surface area contributed by atoms with Crippen molar-refractivity contribution in [3.8, 4) is 11.1 Å². The zero-order valence-electron chi connectivity index (χ0n) is 24.5. The molecule has 0 aliphatic rings. The molecular weight excluding hydrogens is 542 g/mol. The number of para-hydroxylation sites is 1. The summed E-state index contributed by atoms with van der Waals surface area (Å²) in [6, 6.07) is 60.4. The zero-order chi connectivity index (χ0) is 29.5. The lowest BCUT2D eigenvalue weighted by Gasteiger charge is -2.31. The molecule has 0 atom stereocenters. The van der Waals surface area contributed by atoms with Crippen molar-refractivity contribution in [1.29, 1.82) is 0 Å². The summed E-state index contributed by atoms with van der Waals surface area (Å²) in [4.78, 5) is 2.51. The van der Waals surface area contributed by atoms with Gasteiger partial charge in [-0.2, -0.15) is 0 Å². The van der Waals surface area contributed by atoms with Gasteiger partial charge in [0.05, 0.1) is 17.1 Å². The molecule has 0 fully saturated rings. The van der Waals surface area contributed by atoms with Gasteiger partial charge in [0.15, 0.2) is 0 Å². The molecule has 45 heavy (non-hydrogen) atoms. The second-order valence-corrected chi connectivity index (χ2v) is 12.1. The highest BCUT2D eigenvalue weighted by atomic mass is 15.1. The van der Waals surface area contributed by atoms with Gasteiger partial charge in [0, 0.05) is 16.3 Å². The smallest absolute Gasteiger partial charge is 0.0541 e. The van der Waals surface area contributed by atoms with Gasteiger partial charge in [-0.15, -0.1) is 0 Å². The predicted molar refractivity (Wildman–Crippen MR) is 194 cm³/mol. The summed E-state index contributed by atoms with van der Waals surface area (Å²) >= 11 is 0. The van der Waals surface area contributed by atoms with Crippen LogP contribution in [0.25, 0.3) is 75.8 Å². The Morgan fingerprint density at radius 2 is 0.689 bits per heavy atom. The van der Waals surface area contributed by atoms with E-state index in [0.717, 1.165) is 5.69 Å². The van der Waals surface area contributed by atoms with Crippen molar-refractivity contribution < 1.29 is 0 Å². The van der Waals surface area contributed by atoms with Crippen LogP contribution in [0.2, 0.25) is 0 Å². The molecule has 0 aliphatic heterocycles. The summed E-state index contributed by atoms with van der Waals surface area (Å²) in [5, 5.41) is 15.5. The molecule has 0 aliphatic carbocycles. The fourth-order valence-corrected chi connectivity index (χ4v) is 7.75. The van der Waals surface area contributed by atoms with Crippen LogP contribution in [-0.4, -0.2) is 0 Å². The molecule has 0 amide bonds. The van der Waals surface area contributed by atoms with Gasteiger partial charge in [0.2, 0.25) is 0 Å². The van der Waals surface area contributed by atoms with Gasteiger partial charge in [0.25, 0.3) is 0 Å². The van der Waals surface area contributed by atoms with Crippen molar-refractivity contribution >= 4 is 81.7 Å². The van der Waals surface area contributed by atoms with Gasteiger partial charge in [-0.3, -0.25) is 0 Å². The van der Waals surface area contributed by atoms with Crippen LogP contribution < -0.4 is 4.90 Å². The number of anilines is 3. The van der Waals surface area contributed by atoms with Gasteiger partial charge in [0.1, 0.15) is 0 Å². The van der Waals surface area contributed by atoms with E-state index in [-0.39, 0.29) is 0 Å². The van der Waals surface area contributed by atoms with Gasteiger partial charge in [-0.25, -0.2) is 0 Å². The van der Waals surface area contributed by atoms with E-state index in [1.54, 1.807) is 0 Å².